The summed E-state index contributed by atoms with van der Waals surface area (Å²) in [7, 11) is 0. The Bertz CT molecular complexity index is 864. The number of anilines is 1. The van der Waals surface area contributed by atoms with Gasteiger partial charge in [-0.15, -0.1) is 0 Å². The third-order valence-corrected chi connectivity index (χ3v) is 4.85. The second-order valence-corrected chi connectivity index (χ2v) is 6.76. The van der Waals surface area contributed by atoms with E-state index in [0.29, 0.717) is 18.5 Å². The Hall–Kier alpha value is -2.64. The highest BCUT2D eigenvalue weighted by atomic mass is 19.4. The number of rotatable bonds is 4. The molecule has 1 aliphatic rings. The zero-order chi connectivity index (χ0) is 19.4. The lowest BCUT2D eigenvalue weighted by molar-refractivity contribution is -0.197. The van der Waals surface area contributed by atoms with Crippen LogP contribution < -0.4 is 11.0 Å². The lowest BCUT2D eigenvalue weighted by Gasteiger charge is -2.32. The van der Waals surface area contributed by atoms with Crippen LogP contribution in [-0.2, 0) is 11.3 Å². The number of hydrogen-bond donors (Lipinski definition) is 1. The quantitative estimate of drug-likeness (QED) is 0.883. The predicted octanol–water partition coefficient (Wildman–Crippen LogP) is 3.60. The molecule has 27 heavy (non-hydrogen) atoms. The van der Waals surface area contributed by atoms with E-state index in [1.54, 1.807) is 36.5 Å². The number of hydrogen-bond acceptors (Lipinski definition) is 3. The molecule has 1 N–H and O–H groups in total. The molecule has 1 saturated carbocycles. The summed E-state index contributed by atoms with van der Waals surface area (Å²) in [4.78, 5) is 27.8. The van der Waals surface area contributed by atoms with Crippen molar-refractivity contribution in [1.29, 1.82) is 0 Å². The van der Waals surface area contributed by atoms with E-state index in [-0.39, 0.29) is 19.4 Å². The minimum absolute atomic E-state index is 0.00838. The Morgan fingerprint density at radius 2 is 2.00 bits per heavy atom. The van der Waals surface area contributed by atoms with E-state index in [9.17, 15) is 22.8 Å². The van der Waals surface area contributed by atoms with Crippen LogP contribution in [0.4, 0.5) is 18.9 Å². The smallest absolute Gasteiger partial charge is 0.326 e. The monoisotopic (exact) mass is 379 g/mol. The van der Waals surface area contributed by atoms with Gasteiger partial charge in [0.25, 0.3) is 0 Å². The SMILES string of the molecule is O=C(Nc1cccc(Cn2cccnc2=O)c1)[C@@H]1CCCC[C@@H]1C(F)(F)F. The van der Waals surface area contributed by atoms with Gasteiger partial charge < -0.3 is 5.32 Å². The van der Waals surface area contributed by atoms with Gasteiger partial charge in [-0.25, -0.2) is 9.78 Å². The second kappa shape index (κ2) is 7.94. The summed E-state index contributed by atoms with van der Waals surface area (Å²) in [6.07, 6.45) is -0.0384. The van der Waals surface area contributed by atoms with Gasteiger partial charge in [0.05, 0.1) is 12.5 Å². The molecule has 2 atom stereocenters. The van der Waals surface area contributed by atoms with Crippen molar-refractivity contribution >= 4 is 11.6 Å². The van der Waals surface area contributed by atoms with Crippen LogP contribution in [0.1, 0.15) is 31.2 Å². The maximum atomic E-state index is 13.2. The fourth-order valence-corrected chi connectivity index (χ4v) is 3.52. The van der Waals surface area contributed by atoms with E-state index in [2.05, 4.69) is 10.3 Å². The molecule has 2 aromatic rings. The Morgan fingerprint density at radius 1 is 1.22 bits per heavy atom. The van der Waals surface area contributed by atoms with E-state index in [1.807, 2.05) is 0 Å². The largest absolute Gasteiger partial charge is 0.392 e. The molecule has 0 radical (unpaired) electrons. The topological polar surface area (TPSA) is 64.0 Å². The highest BCUT2D eigenvalue weighted by molar-refractivity contribution is 5.92. The molecule has 8 heteroatoms. The molecule has 1 aliphatic carbocycles. The lowest BCUT2D eigenvalue weighted by atomic mass is 9.78. The minimum Gasteiger partial charge on any atom is -0.326 e. The second-order valence-electron chi connectivity index (χ2n) is 6.76. The lowest BCUT2D eigenvalue weighted by Crippen LogP contribution is -2.39. The van der Waals surface area contributed by atoms with Crippen molar-refractivity contribution in [3.8, 4) is 0 Å². The Morgan fingerprint density at radius 3 is 2.74 bits per heavy atom. The van der Waals surface area contributed by atoms with Crippen LogP contribution in [0, 0.1) is 11.8 Å². The fraction of sp³-hybridized carbons (Fsp3) is 0.421. The first-order chi connectivity index (χ1) is 12.8. The Balaban J connectivity index is 1.73. The van der Waals surface area contributed by atoms with Crippen LogP contribution in [0.25, 0.3) is 0 Å². The molecule has 1 aromatic carbocycles. The molecule has 1 fully saturated rings. The van der Waals surface area contributed by atoms with Crippen molar-refractivity contribution < 1.29 is 18.0 Å². The summed E-state index contributed by atoms with van der Waals surface area (Å²) in [6.45, 7) is 0.255. The molecule has 5 nitrogen and oxygen atoms in total. The number of nitrogens with one attached hydrogen (secondary N) is 1. The maximum absolute atomic E-state index is 13.2. The average Bonchev–Trinajstić information content (AvgIpc) is 2.63. The maximum Gasteiger partial charge on any atom is 0.392 e. The van der Waals surface area contributed by atoms with Gasteiger partial charge in [-0.2, -0.15) is 13.2 Å². The molecule has 0 saturated heterocycles. The van der Waals surface area contributed by atoms with Crippen molar-refractivity contribution in [2.75, 3.05) is 5.32 Å². The van der Waals surface area contributed by atoms with E-state index >= 15 is 0 Å². The molecular weight excluding hydrogens is 359 g/mol. The van der Waals surface area contributed by atoms with Gasteiger partial charge in [0.2, 0.25) is 5.91 Å². The van der Waals surface area contributed by atoms with Crippen LogP contribution in [0.5, 0.6) is 0 Å². The molecule has 1 aromatic heterocycles. The Kier molecular flexibility index (Phi) is 5.62. The number of carbonyl (C=O) groups excluding carboxylic acids is 1. The highest BCUT2D eigenvalue weighted by Crippen LogP contribution is 2.41. The van der Waals surface area contributed by atoms with E-state index in [0.717, 1.165) is 5.56 Å². The number of aromatic nitrogens is 2. The van der Waals surface area contributed by atoms with Gasteiger partial charge in [-0.05, 0) is 36.6 Å². The average molecular weight is 379 g/mol. The highest BCUT2D eigenvalue weighted by Gasteiger charge is 2.48. The molecule has 0 aliphatic heterocycles. The number of alkyl halides is 3. The summed E-state index contributed by atoms with van der Waals surface area (Å²) < 4.78 is 41.1. The van der Waals surface area contributed by atoms with Gasteiger partial charge in [-0.1, -0.05) is 25.0 Å². The first-order valence-corrected chi connectivity index (χ1v) is 8.82. The molecule has 0 unspecified atom stereocenters. The number of amides is 1. The van der Waals surface area contributed by atoms with Gasteiger partial charge in [0.15, 0.2) is 0 Å². The van der Waals surface area contributed by atoms with Crippen LogP contribution in [0.15, 0.2) is 47.5 Å². The third kappa shape index (κ3) is 4.75. The van der Waals surface area contributed by atoms with Crippen molar-refractivity contribution in [1.82, 2.24) is 9.55 Å². The fourth-order valence-electron chi connectivity index (χ4n) is 3.52. The van der Waals surface area contributed by atoms with Crippen molar-refractivity contribution in [3.05, 3.63) is 58.8 Å². The van der Waals surface area contributed by atoms with Crippen LogP contribution in [0.2, 0.25) is 0 Å². The predicted molar refractivity (Wildman–Crippen MR) is 94.2 cm³/mol. The number of nitrogens with zero attached hydrogens (tertiary/aromatic N) is 2. The summed E-state index contributed by atoms with van der Waals surface area (Å²) in [5, 5.41) is 2.61. The zero-order valence-corrected chi connectivity index (χ0v) is 14.6. The van der Waals surface area contributed by atoms with E-state index in [1.165, 1.54) is 10.8 Å². The molecule has 1 heterocycles. The number of benzene rings is 1. The molecule has 144 valence electrons. The van der Waals surface area contributed by atoms with Crippen LogP contribution >= 0.6 is 0 Å². The van der Waals surface area contributed by atoms with Crippen LogP contribution in [-0.4, -0.2) is 21.6 Å². The first kappa shape index (κ1) is 19.1. The molecular formula is C19H20F3N3O2. The zero-order valence-electron chi connectivity index (χ0n) is 14.6. The molecule has 3 rings (SSSR count). The normalized spacial score (nSPS) is 20.3. The number of halogens is 3. The summed E-state index contributed by atoms with van der Waals surface area (Å²) in [6, 6.07) is 8.37. The van der Waals surface area contributed by atoms with Crippen molar-refractivity contribution in [2.24, 2.45) is 11.8 Å². The van der Waals surface area contributed by atoms with Gasteiger partial charge in [0.1, 0.15) is 0 Å². The summed E-state index contributed by atoms with van der Waals surface area (Å²) >= 11 is 0. The van der Waals surface area contributed by atoms with E-state index < -0.39 is 29.6 Å². The first-order valence-electron chi connectivity index (χ1n) is 8.82. The summed E-state index contributed by atoms with van der Waals surface area (Å²) in [5.74, 6) is -3.26. The van der Waals surface area contributed by atoms with Crippen molar-refractivity contribution in [3.63, 3.8) is 0 Å². The molecule has 0 spiro atoms. The minimum atomic E-state index is -4.37. The van der Waals surface area contributed by atoms with Gasteiger partial charge in [0, 0.05) is 24.0 Å². The molecule has 0 bridgehead atoms. The summed E-state index contributed by atoms with van der Waals surface area (Å²) in [5.41, 5.74) is 0.752. The molecule has 1 amide bonds. The number of carbonyl (C=O) groups is 1. The Labute approximate surface area is 154 Å². The standard InChI is InChI=1S/C19H20F3N3O2/c20-19(21,22)16-8-2-1-7-15(16)17(26)24-14-6-3-5-13(11-14)12-25-10-4-9-23-18(25)27/h3-6,9-11,15-16H,1-2,7-8,12H2,(H,24,26)/t15-,16+/m1/s1. The van der Waals surface area contributed by atoms with Crippen molar-refractivity contribution in [2.45, 2.75) is 38.4 Å². The third-order valence-electron chi connectivity index (χ3n) is 4.85. The van der Waals surface area contributed by atoms with Gasteiger partial charge in [-0.3, -0.25) is 9.36 Å². The van der Waals surface area contributed by atoms with E-state index in [4.69, 9.17) is 0 Å². The van der Waals surface area contributed by atoms with Gasteiger partial charge >= 0.3 is 11.9 Å². The van der Waals surface area contributed by atoms with Crippen LogP contribution in [0.3, 0.4) is 0 Å².